The minimum Gasteiger partial charge on any atom is -0.480 e. The highest BCUT2D eigenvalue weighted by molar-refractivity contribution is 6.45. The number of aliphatic carboxylic acids is 1. The van der Waals surface area contributed by atoms with E-state index >= 15 is 0 Å². The summed E-state index contributed by atoms with van der Waals surface area (Å²) in [6.07, 6.45) is 1.67. The number of alkyl halides is 2. The predicted octanol–water partition coefficient (Wildman–Crippen LogP) is 3.42. The summed E-state index contributed by atoms with van der Waals surface area (Å²) in [7, 11) is 0. The zero-order valence-corrected chi connectivity index (χ0v) is 13.0. The van der Waals surface area contributed by atoms with Crippen molar-refractivity contribution in [3.8, 4) is 0 Å². The summed E-state index contributed by atoms with van der Waals surface area (Å²) in [5.74, 6) is -3.59. The van der Waals surface area contributed by atoms with Crippen LogP contribution in [0.25, 0.3) is 0 Å². The zero-order chi connectivity index (χ0) is 15.2. The Morgan fingerprint density at radius 3 is 2.11 bits per heavy atom. The smallest absolute Gasteiger partial charge is 0.324 e. The third kappa shape index (κ3) is 6.30. The maximum atomic E-state index is 12.0. The Bertz CT molecular complexity index is 351. The molecule has 0 bridgehead atoms. The summed E-state index contributed by atoms with van der Waals surface area (Å²) >= 11 is 11.3. The molecule has 2 unspecified atom stereocenters. The van der Waals surface area contributed by atoms with Crippen LogP contribution >= 0.6 is 23.2 Å². The highest BCUT2D eigenvalue weighted by atomic mass is 35.5. The van der Waals surface area contributed by atoms with Crippen molar-refractivity contribution < 1.29 is 19.4 Å². The van der Waals surface area contributed by atoms with Crippen molar-refractivity contribution in [2.75, 3.05) is 0 Å². The van der Waals surface area contributed by atoms with Gasteiger partial charge in [0.05, 0.1) is 6.10 Å². The number of esters is 1. The number of allylic oxidation sites excluding steroid dienone is 1. The highest BCUT2D eigenvalue weighted by Crippen LogP contribution is 2.25. The number of carboxylic acids is 1. The minimum absolute atomic E-state index is 0.175. The summed E-state index contributed by atoms with van der Waals surface area (Å²) in [6.45, 7) is 7.10. The molecule has 0 aromatic heterocycles. The third-order valence-electron chi connectivity index (χ3n) is 2.69. The number of halogens is 2. The standard InChI is InChI=1S/C13H20Cl2O4/c1-5-8(4)19-13(18)11(12(16)17)9(7(2)3)6-10(14)15/h6-8,10-11H,5H2,1-4H3,(H,16,17). The van der Waals surface area contributed by atoms with E-state index in [0.29, 0.717) is 12.0 Å². The van der Waals surface area contributed by atoms with Crippen molar-refractivity contribution in [3.05, 3.63) is 11.6 Å². The molecule has 0 aromatic rings. The lowest BCUT2D eigenvalue weighted by atomic mass is 9.89. The maximum absolute atomic E-state index is 12.0. The molecule has 0 spiro atoms. The summed E-state index contributed by atoms with van der Waals surface area (Å²) in [5, 5.41) is 9.23. The van der Waals surface area contributed by atoms with Crippen LogP contribution in [0.5, 0.6) is 0 Å². The zero-order valence-electron chi connectivity index (χ0n) is 11.5. The highest BCUT2D eigenvalue weighted by Gasteiger charge is 2.34. The fourth-order valence-electron chi connectivity index (χ4n) is 1.50. The Morgan fingerprint density at radius 1 is 1.26 bits per heavy atom. The number of ether oxygens (including phenoxy) is 1. The van der Waals surface area contributed by atoms with E-state index in [-0.39, 0.29) is 12.0 Å². The van der Waals surface area contributed by atoms with Gasteiger partial charge in [0.25, 0.3) is 0 Å². The fraction of sp³-hybridized carbons (Fsp3) is 0.692. The van der Waals surface area contributed by atoms with E-state index < -0.39 is 22.7 Å². The fourth-order valence-corrected chi connectivity index (χ4v) is 1.79. The maximum Gasteiger partial charge on any atom is 0.324 e. The Kier molecular flexibility index (Phi) is 8.11. The van der Waals surface area contributed by atoms with Gasteiger partial charge in [-0.05, 0) is 24.8 Å². The second kappa shape index (κ2) is 8.43. The second-order valence-corrected chi connectivity index (χ2v) is 5.75. The molecule has 4 nitrogen and oxygen atoms in total. The van der Waals surface area contributed by atoms with Crippen molar-refractivity contribution in [1.82, 2.24) is 0 Å². The molecule has 0 aliphatic carbocycles. The third-order valence-corrected chi connectivity index (χ3v) is 2.95. The van der Waals surface area contributed by atoms with Crippen LogP contribution in [0.4, 0.5) is 0 Å². The van der Waals surface area contributed by atoms with Crippen molar-refractivity contribution in [2.45, 2.75) is 45.1 Å². The number of carbonyl (C=O) groups excluding carboxylic acids is 1. The molecule has 0 aliphatic rings. The molecule has 0 saturated carbocycles. The van der Waals surface area contributed by atoms with Gasteiger partial charge in [-0.1, -0.05) is 26.8 Å². The average molecular weight is 311 g/mol. The summed E-state index contributed by atoms with van der Waals surface area (Å²) < 4.78 is 5.09. The SMILES string of the molecule is CCC(C)OC(=O)C(C(=O)O)C(=CC(Cl)Cl)C(C)C. The Morgan fingerprint density at radius 2 is 1.79 bits per heavy atom. The minimum atomic E-state index is -1.37. The Labute approximate surface area is 123 Å². The second-order valence-electron chi connectivity index (χ2n) is 4.58. The van der Waals surface area contributed by atoms with Gasteiger partial charge in [-0.15, -0.1) is 23.2 Å². The number of carboxylic acid groups (broad SMARTS) is 1. The topological polar surface area (TPSA) is 63.6 Å². The van der Waals surface area contributed by atoms with E-state index in [1.165, 1.54) is 6.08 Å². The van der Waals surface area contributed by atoms with E-state index in [1.54, 1.807) is 20.8 Å². The molecule has 6 heteroatoms. The van der Waals surface area contributed by atoms with Gasteiger partial charge in [0, 0.05) is 0 Å². The van der Waals surface area contributed by atoms with Gasteiger partial charge in [0.1, 0.15) is 4.84 Å². The van der Waals surface area contributed by atoms with Gasteiger partial charge >= 0.3 is 11.9 Å². The van der Waals surface area contributed by atoms with Crippen molar-refractivity contribution in [1.29, 1.82) is 0 Å². The van der Waals surface area contributed by atoms with Crippen LogP contribution in [0.15, 0.2) is 11.6 Å². The Hall–Kier alpha value is -0.740. The molecular formula is C13H20Cl2O4. The lowest BCUT2D eigenvalue weighted by Crippen LogP contribution is -2.32. The van der Waals surface area contributed by atoms with Gasteiger partial charge in [-0.3, -0.25) is 9.59 Å². The van der Waals surface area contributed by atoms with Gasteiger partial charge in [-0.25, -0.2) is 0 Å². The molecule has 0 heterocycles. The summed E-state index contributed by atoms with van der Waals surface area (Å²) in [4.78, 5) is 22.4. The summed E-state index contributed by atoms with van der Waals surface area (Å²) in [5.41, 5.74) is 0.357. The van der Waals surface area contributed by atoms with E-state index in [4.69, 9.17) is 27.9 Å². The molecule has 0 amide bonds. The molecule has 110 valence electrons. The first-order valence-corrected chi connectivity index (χ1v) is 7.01. The molecule has 0 radical (unpaired) electrons. The average Bonchev–Trinajstić information content (AvgIpc) is 2.26. The van der Waals surface area contributed by atoms with Crippen LogP contribution in [0.2, 0.25) is 0 Å². The van der Waals surface area contributed by atoms with Gasteiger partial charge in [-0.2, -0.15) is 0 Å². The van der Waals surface area contributed by atoms with Gasteiger partial charge in [0.2, 0.25) is 0 Å². The number of rotatable bonds is 7. The molecular weight excluding hydrogens is 291 g/mol. The molecule has 19 heavy (non-hydrogen) atoms. The van der Waals surface area contributed by atoms with Crippen LogP contribution < -0.4 is 0 Å². The molecule has 2 atom stereocenters. The van der Waals surface area contributed by atoms with E-state index in [2.05, 4.69) is 0 Å². The predicted molar refractivity (Wildman–Crippen MR) is 75.4 cm³/mol. The monoisotopic (exact) mass is 310 g/mol. The first-order chi connectivity index (χ1) is 8.70. The number of hydrogen-bond donors (Lipinski definition) is 1. The Balaban J connectivity index is 5.28. The molecule has 0 rings (SSSR count). The van der Waals surface area contributed by atoms with Crippen LogP contribution in [0.1, 0.15) is 34.1 Å². The number of hydrogen-bond acceptors (Lipinski definition) is 3. The first-order valence-electron chi connectivity index (χ1n) is 6.13. The van der Waals surface area contributed by atoms with Crippen LogP contribution in [0, 0.1) is 11.8 Å². The first kappa shape index (κ1) is 18.3. The number of carbonyl (C=O) groups is 2. The summed E-state index contributed by atoms with van der Waals surface area (Å²) in [6, 6.07) is 0. The van der Waals surface area contributed by atoms with Crippen molar-refractivity contribution in [3.63, 3.8) is 0 Å². The quantitative estimate of drug-likeness (QED) is 0.339. The lowest BCUT2D eigenvalue weighted by Gasteiger charge is -2.21. The molecule has 0 aromatic carbocycles. The van der Waals surface area contributed by atoms with Crippen LogP contribution in [0.3, 0.4) is 0 Å². The lowest BCUT2D eigenvalue weighted by molar-refractivity contribution is -0.160. The van der Waals surface area contributed by atoms with E-state index in [9.17, 15) is 14.7 Å². The van der Waals surface area contributed by atoms with Crippen LogP contribution in [-0.4, -0.2) is 28.0 Å². The van der Waals surface area contributed by atoms with Crippen molar-refractivity contribution in [2.24, 2.45) is 11.8 Å². The molecule has 0 fully saturated rings. The van der Waals surface area contributed by atoms with Gasteiger partial charge < -0.3 is 9.84 Å². The largest absolute Gasteiger partial charge is 0.480 e. The molecule has 0 aliphatic heterocycles. The van der Waals surface area contributed by atoms with E-state index in [0.717, 1.165) is 0 Å². The van der Waals surface area contributed by atoms with Gasteiger partial charge in [0.15, 0.2) is 5.92 Å². The van der Waals surface area contributed by atoms with Crippen LogP contribution in [-0.2, 0) is 14.3 Å². The normalized spacial score (nSPS) is 15.5. The molecule has 0 saturated heterocycles. The molecule has 1 N–H and O–H groups in total. The van der Waals surface area contributed by atoms with Crippen molar-refractivity contribution >= 4 is 35.1 Å². The van der Waals surface area contributed by atoms with E-state index in [1.807, 2.05) is 6.92 Å².